The van der Waals surface area contributed by atoms with Gasteiger partial charge in [-0.2, -0.15) is 0 Å². The van der Waals surface area contributed by atoms with Crippen LogP contribution >= 0.6 is 11.3 Å². The van der Waals surface area contributed by atoms with Crippen LogP contribution in [0.3, 0.4) is 0 Å². The van der Waals surface area contributed by atoms with E-state index in [9.17, 15) is 9.59 Å². The van der Waals surface area contributed by atoms with Crippen LogP contribution in [0.5, 0.6) is 0 Å². The van der Waals surface area contributed by atoms with E-state index in [-0.39, 0.29) is 18.3 Å². The lowest BCUT2D eigenvalue weighted by Gasteiger charge is -2.04. The molecule has 2 aromatic rings. The first-order valence-electron chi connectivity index (χ1n) is 6.21. The number of anilines is 1. The van der Waals surface area contributed by atoms with Crippen LogP contribution in [-0.2, 0) is 6.42 Å². The number of benzene rings is 1. The largest absolute Gasteiger partial charge is 0.396 e. The number of carbonyl (C=O) groups excluding carboxylic acids is 2. The highest BCUT2D eigenvalue weighted by Crippen LogP contribution is 2.18. The fourth-order valence-electron chi connectivity index (χ4n) is 1.72. The van der Waals surface area contributed by atoms with Gasteiger partial charge in [-0.05, 0) is 37.1 Å². The van der Waals surface area contributed by atoms with E-state index in [1.54, 1.807) is 23.6 Å². The maximum Gasteiger partial charge on any atom is 0.265 e. The summed E-state index contributed by atoms with van der Waals surface area (Å²) in [4.78, 5) is 23.7. The molecule has 0 atom stereocenters. The van der Waals surface area contributed by atoms with Gasteiger partial charge in [0, 0.05) is 23.2 Å². The second-order valence-electron chi connectivity index (χ2n) is 4.38. The van der Waals surface area contributed by atoms with Crippen LogP contribution in [0.25, 0.3) is 0 Å². The zero-order valence-corrected chi connectivity index (χ0v) is 11.9. The molecule has 1 aromatic heterocycles. The lowest BCUT2D eigenvalue weighted by molar-refractivity contribution is 0.101. The highest BCUT2D eigenvalue weighted by Gasteiger charge is 2.11. The molecule has 2 N–H and O–H groups in total. The number of rotatable bonds is 5. The van der Waals surface area contributed by atoms with Gasteiger partial charge in [0.1, 0.15) is 0 Å². The molecule has 1 heterocycles. The van der Waals surface area contributed by atoms with Crippen molar-refractivity contribution >= 4 is 28.7 Å². The molecule has 0 saturated carbocycles. The lowest BCUT2D eigenvalue weighted by Crippen LogP contribution is -2.10. The van der Waals surface area contributed by atoms with Gasteiger partial charge in [0.25, 0.3) is 5.91 Å². The molecule has 5 heteroatoms. The van der Waals surface area contributed by atoms with Crippen molar-refractivity contribution in [2.24, 2.45) is 0 Å². The van der Waals surface area contributed by atoms with E-state index in [0.717, 1.165) is 5.56 Å². The fraction of sp³-hybridized carbons (Fsp3) is 0.200. The van der Waals surface area contributed by atoms with E-state index in [4.69, 9.17) is 5.11 Å². The number of thiophene rings is 1. The Balaban J connectivity index is 2.04. The molecule has 2 rings (SSSR count). The Labute approximate surface area is 121 Å². The molecule has 1 aromatic carbocycles. The number of hydrogen-bond acceptors (Lipinski definition) is 4. The summed E-state index contributed by atoms with van der Waals surface area (Å²) >= 11 is 1.25. The monoisotopic (exact) mass is 289 g/mol. The summed E-state index contributed by atoms with van der Waals surface area (Å²) in [6.07, 6.45) is 0.598. The predicted octanol–water partition coefficient (Wildman–Crippen LogP) is 2.74. The highest BCUT2D eigenvalue weighted by molar-refractivity contribution is 7.12. The van der Waals surface area contributed by atoms with E-state index in [0.29, 0.717) is 22.5 Å². The third-order valence-electron chi connectivity index (χ3n) is 2.84. The van der Waals surface area contributed by atoms with Crippen molar-refractivity contribution in [3.8, 4) is 0 Å². The molecule has 0 bridgehead atoms. The van der Waals surface area contributed by atoms with E-state index >= 15 is 0 Å². The average molecular weight is 289 g/mol. The minimum atomic E-state index is -0.225. The van der Waals surface area contributed by atoms with Crippen molar-refractivity contribution in [2.45, 2.75) is 13.3 Å². The molecule has 0 aliphatic carbocycles. The molecule has 1 amide bonds. The van der Waals surface area contributed by atoms with Crippen LogP contribution < -0.4 is 5.32 Å². The third-order valence-corrected chi connectivity index (χ3v) is 3.77. The van der Waals surface area contributed by atoms with Crippen LogP contribution in [0.15, 0.2) is 35.7 Å². The van der Waals surface area contributed by atoms with E-state index < -0.39 is 0 Å². The molecule has 0 unspecified atom stereocenters. The quantitative estimate of drug-likeness (QED) is 0.832. The first-order valence-corrected chi connectivity index (χ1v) is 7.08. The molecule has 0 radical (unpaired) electrons. The van der Waals surface area contributed by atoms with Gasteiger partial charge in [-0.15, -0.1) is 11.3 Å². The lowest BCUT2D eigenvalue weighted by atomic mass is 10.1. The number of carbonyl (C=O) groups is 2. The van der Waals surface area contributed by atoms with Crippen molar-refractivity contribution in [1.82, 2.24) is 0 Å². The van der Waals surface area contributed by atoms with Crippen LogP contribution in [0, 0.1) is 0 Å². The van der Waals surface area contributed by atoms with Gasteiger partial charge in [0.2, 0.25) is 0 Å². The Bertz CT molecular complexity index is 616. The third kappa shape index (κ3) is 3.53. The van der Waals surface area contributed by atoms with Crippen molar-refractivity contribution in [2.75, 3.05) is 11.9 Å². The highest BCUT2D eigenvalue weighted by atomic mass is 32.1. The number of ketones is 1. The van der Waals surface area contributed by atoms with Crippen molar-refractivity contribution < 1.29 is 14.7 Å². The van der Waals surface area contributed by atoms with Gasteiger partial charge >= 0.3 is 0 Å². The van der Waals surface area contributed by atoms with Crippen LogP contribution in [0.1, 0.15) is 32.5 Å². The number of Topliss-reactive ketones (excluding diaryl/α,β-unsaturated/α-hetero) is 1. The summed E-state index contributed by atoms with van der Waals surface area (Å²) in [6.45, 7) is 1.58. The molecule has 104 valence electrons. The summed E-state index contributed by atoms with van der Waals surface area (Å²) in [5.41, 5.74) is 2.26. The van der Waals surface area contributed by atoms with Crippen LogP contribution in [0.2, 0.25) is 0 Å². The number of hydrogen-bond donors (Lipinski definition) is 2. The molecule has 0 aliphatic rings. The molecule has 20 heavy (non-hydrogen) atoms. The second kappa shape index (κ2) is 6.45. The first-order chi connectivity index (χ1) is 9.60. The maximum atomic E-state index is 12.0. The summed E-state index contributed by atoms with van der Waals surface area (Å²) in [6, 6.07) is 8.91. The Morgan fingerprint density at radius 3 is 2.50 bits per heavy atom. The van der Waals surface area contributed by atoms with E-state index in [1.807, 2.05) is 12.1 Å². The Kier molecular flexibility index (Phi) is 4.65. The van der Waals surface area contributed by atoms with Gasteiger partial charge in [0.05, 0.1) is 4.88 Å². The summed E-state index contributed by atoms with van der Waals surface area (Å²) in [5, 5.41) is 13.3. The van der Waals surface area contributed by atoms with Gasteiger partial charge in [-0.1, -0.05) is 12.1 Å². The molecular weight excluding hydrogens is 274 g/mol. The van der Waals surface area contributed by atoms with Crippen molar-refractivity contribution in [1.29, 1.82) is 0 Å². The molecule has 0 saturated heterocycles. The smallest absolute Gasteiger partial charge is 0.265 e. The minimum absolute atomic E-state index is 0.0475. The number of aliphatic hydroxyl groups excluding tert-OH is 1. The standard InChI is InChI=1S/C15H15NO3S/c1-10(18)12-8-14(20-9-12)15(19)16-13-4-2-11(3-5-13)6-7-17/h2-5,8-9,17H,6-7H2,1H3,(H,16,19). The topological polar surface area (TPSA) is 66.4 Å². The fourth-order valence-corrected chi connectivity index (χ4v) is 2.56. The van der Waals surface area contributed by atoms with Gasteiger partial charge in [0.15, 0.2) is 5.78 Å². The summed E-state index contributed by atoms with van der Waals surface area (Å²) < 4.78 is 0. The Morgan fingerprint density at radius 1 is 1.25 bits per heavy atom. The molecule has 0 aliphatic heterocycles. The Hall–Kier alpha value is -1.98. The predicted molar refractivity (Wildman–Crippen MR) is 79.5 cm³/mol. The van der Waals surface area contributed by atoms with Gasteiger partial charge in [-0.3, -0.25) is 9.59 Å². The number of nitrogens with one attached hydrogen (secondary N) is 1. The molecule has 0 spiro atoms. The second-order valence-corrected chi connectivity index (χ2v) is 5.29. The molecular formula is C15H15NO3S. The Morgan fingerprint density at radius 2 is 1.95 bits per heavy atom. The van der Waals surface area contributed by atoms with Crippen LogP contribution in [-0.4, -0.2) is 23.4 Å². The van der Waals surface area contributed by atoms with Crippen molar-refractivity contribution in [3.63, 3.8) is 0 Å². The van der Waals surface area contributed by atoms with Gasteiger partial charge < -0.3 is 10.4 Å². The van der Waals surface area contributed by atoms with Gasteiger partial charge in [-0.25, -0.2) is 0 Å². The average Bonchev–Trinajstić information content (AvgIpc) is 2.91. The van der Waals surface area contributed by atoms with E-state index in [2.05, 4.69) is 5.32 Å². The summed E-state index contributed by atoms with van der Waals surface area (Å²) in [5.74, 6) is -0.272. The first kappa shape index (κ1) is 14.4. The number of amides is 1. The zero-order chi connectivity index (χ0) is 14.5. The minimum Gasteiger partial charge on any atom is -0.396 e. The van der Waals surface area contributed by atoms with E-state index in [1.165, 1.54) is 18.3 Å². The number of aliphatic hydroxyl groups is 1. The SMILES string of the molecule is CC(=O)c1csc(C(=O)Nc2ccc(CCO)cc2)c1. The normalized spacial score (nSPS) is 10.3. The molecule has 4 nitrogen and oxygen atoms in total. The maximum absolute atomic E-state index is 12.0. The van der Waals surface area contributed by atoms with Crippen molar-refractivity contribution in [3.05, 3.63) is 51.7 Å². The van der Waals surface area contributed by atoms with Crippen LogP contribution in [0.4, 0.5) is 5.69 Å². The molecule has 0 fully saturated rings. The zero-order valence-electron chi connectivity index (χ0n) is 11.1. The summed E-state index contributed by atoms with van der Waals surface area (Å²) in [7, 11) is 0.